The molecule has 0 unspecified atom stereocenters. The van der Waals surface area contributed by atoms with Crippen LogP contribution in [0.1, 0.15) is 23.4 Å². The van der Waals surface area contributed by atoms with Crippen molar-refractivity contribution in [1.29, 1.82) is 0 Å². The molecule has 0 aliphatic rings. The summed E-state index contributed by atoms with van der Waals surface area (Å²) >= 11 is 1.80. The molecule has 2 nitrogen and oxygen atoms in total. The van der Waals surface area contributed by atoms with Crippen molar-refractivity contribution in [1.82, 2.24) is 10.3 Å². The molecule has 0 amide bonds. The molecule has 0 radical (unpaired) electrons. The predicted molar refractivity (Wildman–Crippen MR) is 77.9 cm³/mol. The number of hydrogen-bond acceptors (Lipinski definition) is 2. The molecule has 0 aliphatic heterocycles. The van der Waals surface area contributed by atoms with Crippen molar-refractivity contribution in [2.75, 3.05) is 0 Å². The summed E-state index contributed by atoms with van der Waals surface area (Å²) < 4.78 is 0. The average Bonchev–Trinajstić information content (AvgIpc) is 3.05. The molecule has 0 bridgehead atoms. The zero-order chi connectivity index (χ0) is 12.4. The van der Waals surface area contributed by atoms with Crippen LogP contribution in [0.5, 0.6) is 0 Å². The minimum Gasteiger partial charge on any atom is -0.361 e. The van der Waals surface area contributed by atoms with E-state index in [0.29, 0.717) is 6.04 Å². The van der Waals surface area contributed by atoms with Gasteiger partial charge in [-0.15, -0.1) is 11.3 Å². The Morgan fingerprint density at radius 1 is 1.22 bits per heavy atom. The van der Waals surface area contributed by atoms with Crippen molar-refractivity contribution in [3.63, 3.8) is 0 Å². The van der Waals surface area contributed by atoms with Gasteiger partial charge in [0.1, 0.15) is 0 Å². The van der Waals surface area contributed by atoms with E-state index in [2.05, 4.69) is 59.0 Å². The molecule has 3 aromatic rings. The number of aromatic amines is 1. The largest absolute Gasteiger partial charge is 0.361 e. The first-order chi connectivity index (χ1) is 8.84. The second kappa shape index (κ2) is 4.96. The number of H-pyrrole nitrogens is 1. The van der Waals surface area contributed by atoms with Crippen LogP contribution in [0.15, 0.2) is 48.0 Å². The van der Waals surface area contributed by atoms with Gasteiger partial charge in [-0.25, -0.2) is 0 Å². The average molecular weight is 256 g/mol. The Morgan fingerprint density at radius 2 is 2.17 bits per heavy atom. The molecule has 2 heterocycles. The van der Waals surface area contributed by atoms with E-state index in [1.807, 2.05) is 6.20 Å². The summed E-state index contributed by atoms with van der Waals surface area (Å²) in [5.74, 6) is 0. The summed E-state index contributed by atoms with van der Waals surface area (Å²) in [6.07, 6.45) is 2.00. The molecule has 0 saturated heterocycles. The van der Waals surface area contributed by atoms with Gasteiger partial charge >= 0.3 is 0 Å². The van der Waals surface area contributed by atoms with Crippen LogP contribution >= 0.6 is 11.3 Å². The van der Waals surface area contributed by atoms with E-state index < -0.39 is 0 Å². The standard InChI is InChI=1S/C15H16N2S/c1-11(15-6-3-9-18-15)17-10-12-4-2-5-14-13(12)7-8-16-14/h2-9,11,16-17H,10H2,1H3/t11-/m0/s1. The van der Waals surface area contributed by atoms with Crippen LogP contribution in [-0.2, 0) is 6.54 Å². The molecule has 0 saturated carbocycles. The predicted octanol–water partition coefficient (Wildman–Crippen LogP) is 4.08. The third-order valence-corrected chi connectivity index (χ3v) is 4.31. The maximum atomic E-state index is 3.58. The molecule has 0 spiro atoms. The van der Waals surface area contributed by atoms with Gasteiger partial charge < -0.3 is 10.3 Å². The molecular formula is C15H16N2S. The smallest absolute Gasteiger partial charge is 0.0457 e. The molecular weight excluding hydrogens is 240 g/mol. The number of aromatic nitrogens is 1. The lowest BCUT2D eigenvalue weighted by Crippen LogP contribution is -2.17. The molecule has 0 aliphatic carbocycles. The van der Waals surface area contributed by atoms with Gasteiger partial charge in [0.15, 0.2) is 0 Å². The maximum Gasteiger partial charge on any atom is 0.0457 e. The molecule has 92 valence electrons. The zero-order valence-corrected chi connectivity index (χ0v) is 11.1. The van der Waals surface area contributed by atoms with Gasteiger partial charge in [0.25, 0.3) is 0 Å². The van der Waals surface area contributed by atoms with Gasteiger partial charge in [0, 0.05) is 34.6 Å². The summed E-state index contributed by atoms with van der Waals surface area (Å²) in [6, 6.07) is 13.2. The van der Waals surface area contributed by atoms with Crippen LogP contribution in [-0.4, -0.2) is 4.98 Å². The first kappa shape index (κ1) is 11.5. The van der Waals surface area contributed by atoms with Gasteiger partial charge in [-0.2, -0.15) is 0 Å². The molecule has 18 heavy (non-hydrogen) atoms. The fraction of sp³-hybridized carbons (Fsp3) is 0.200. The van der Waals surface area contributed by atoms with Gasteiger partial charge in [-0.3, -0.25) is 0 Å². The van der Waals surface area contributed by atoms with Crippen LogP contribution in [0.4, 0.5) is 0 Å². The maximum absolute atomic E-state index is 3.58. The summed E-state index contributed by atoms with van der Waals surface area (Å²) in [5.41, 5.74) is 2.55. The minimum atomic E-state index is 0.402. The zero-order valence-electron chi connectivity index (χ0n) is 10.3. The Balaban J connectivity index is 1.75. The molecule has 2 aromatic heterocycles. The Labute approximate surface area is 111 Å². The first-order valence-corrected chi connectivity index (χ1v) is 7.04. The first-order valence-electron chi connectivity index (χ1n) is 6.16. The van der Waals surface area contributed by atoms with Crippen LogP contribution in [0.3, 0.4) is 0 Å². The Bertz CT molecular complexity index is 625. The van der Waals surface area contributed by atoms with Crippen molar-refractivity contribution in [2.24, 2.45) is 0 Å². The minimum absolute atomic E-state index is 0.402. The SMILES string of the molecule is C[C@H](NCc1cccc2[nH]ccc12)c1cccs1. The second-order valence-corrected chi connectivity index (χ2v) is 5.45. The number of thiophene rings is 1. The molecule has 2 N–H and O–H groups in total. The van der Waals surface area contributed by atoms with Gasteiger partial charge in [-0.1, -0.05) is 18.2 Å². The number of hydrogen-bond donors (Lipinski definition) is 2. The lowest BCUT2D eigenvalue weighted by Gasteiger charge is -2.12. The molecule has 3 heteroatoms. The Morgan fingerprint density at radius 3 is 3.00 bits per heavy atom. The monoisotopic (exact) mass is 256 g/mol. The van der Waals surface area contributed by atoms with Crippen molar-refractivity contribution < 1.29 is 0 Å². The third kappa shape index (κ3) is 2.19. The lowest BCUT2D eigenvalue weighted by atomic mass is 10.1. The number of benzene rings is 1. The van der Waals surface area contributed by atoms with E-state index in [1.54, 1.807) is 11.3 Å². The van der Waals surface area contributed by atoms with Crippen molar-refractivity contribution >= 4 is 22.2 Å². The highest BCUT2D eigenvalue weighted by atomic mass is 32.1. The van der Waals surface area contributed by atoms with E-state index >= 15 is 0 Å². The Hall–Kier alpha value is -1.58. The summed E-state index contributed by atoms with van der Waals surface area (Å²) in [6.45, 7) is 3.11. The molecule has 1 atom stereocenters. The van der Waals surface area contributed by atoms with E-state index in [9.17, 15) is 0 Å². The topological polar surface area (TPSA) is 27.8 Å². The summed E-state index contributed by atoms with van der Waals surface area (Å²) in [5, 5.41) is 7.01. The van der Waals surface area contributed by atoms with E-state index in [4.69, 9.17) is 0 Å². The van der Waals surface area contributed by atoms with Crippen LogP contribution < -0.4 is 5.32 Å². The van der Waals surface area contributed by atoms with Crippen molar-refractivity contribution in [3.8, 4) is 0 Å². The van der Waals surface area contributed by atoms with E-state index in [0.717, 1.165) is 6.54 Å². The van der Waals surface area contributed by atoms with Gasteiger partial charge in [0.2, 0.25) is 0 Å². The van der Waals surface area contributed by atoms with Crippen LogP contribution in [0.2, 0.25) is 0 Å². The highest BCUT2D eigenvalue weighted by molar-refractivity contribution is 7.10. The van der Waals surface area contributed by atoms with Gasteiger partial charge in [-0.05, 0) is 36.1 Å². The van der Waals surface area contributed by atoms with Gasteiger partial charge in [0.05, 0.1) is 0 Å². The fourth-order valence-corrected chi connectivity index (χ4v) is 2.96. The van der Waals surface area contributed by atoms with E-state index in [-0.39, 0.29) is 0 Å². The second-order valence-electron chi connectivity index (χ2n) is 4.47. The summed E-state index contributed by atoms with van der Waals surface area (Å²) in [7, 11) is 0. The number of rotatable bonds is 4. The van der Waals surface area contributed by atoms with Crippen molar-refractivity contribution in [3.05, 3.63) is 58.4 Å². The normalized spacial score (nSPS) is 12.9. The highest BCUT2D eigenvalue weighted by Gasteiger charge is 2.07. The van der Waals surface area contributed by atoms with Crippen LogP contribution in [0.25, 0.3) is 10.9 Å². The lowest BCUT2D eigenvalue weighted by molar-refractivity contribution is 0.585. The molecule has 0 fully saturated rings. The van der Waals surface area contributed by atoms with Crippen LogP contribution in [0, 0.1) is 0 Å². The van der Waals surface area contributed by atoms with E-state index in [1.165, 1.54) is 21.3 Å². The summed E-state index contributed by atoms with van der Waals surface area (Å²) in [4.78, 5) is 4.63. The molecule has 3 rings (SSSR count). The number of nitrogens with one attached hydrogen (secondary N) is 2. The Kier molecular flexibility index (Phi) is 3.17. The molecule has 1 aromatic carbocycles. The third-order valence-electron chi connectivity index (χ3n) is 3.25. The quantitative estimate of drug-likeness (QED) is 0.723. The highest BCUT2D eigenvalue weighted by Crippen LogP contribution is 2.21. The fourth-order valence-electron chi connectivity index (χ4n) is 2.21. The number of fused-ring (bicyclic) bond motifs is 1. The van der Waals surface area contributed by atoms with Crippen molar-refractivity contribution in [2.45, 2.75) is 19.5 Å².